The molecule has 1 amide bonds. The quantitative estimate of drug-likeness (QED) is 0.800. The van der Waals surface area contributed by atoms with E-state index in [0.717, 1.165) is 24.2 Å². The number of amides is 1. The minimum atomic E-state index is 0.0580. The van der Waals surface area contributed by atoms with E-state index in [1.165, 1.54) is 0 Å². The summed E-state index contributed by atoms with van der Waals surface area (Å²) in [7, 11) is 1.90. The molecule has 3 heteroatoms. The Labute approximate surface area is 97.2 Å². The van der Waals surface area contributed by atoms with Crippen molar-refractivity contribution in [3.8, 4) is 0 Å². The number of anilines is 1. The SMILES string of the molecule is CCC(C)C(=O)Nc1ccccc1CNC. The first kappa shape index (κ1) is 12.7. The maximum absolute atomic E-state index is 11.8. The lowest BCUT2D eigenvalue weighted by atomic mass is 10.1. The molecular formula is C13H20N2O. The summed E-state index contributed by atoms with van der Waals surface area (Å²) in [5.41, 5.74) is 2.02. The Morgan fingerprint density at radius 2 is 2.06 bits per heavy atom. The zero-order chi connectivity index (χ0) is 12.0. The first-order chi connectivity index (χ1) is 7.69. The van der Waals surface area contributed by atoms with Crippen LogP contribution in [0.2, 0.25) is 0 Å². The number of carbonyl (C=O) groups excluding carboxylic acids is 1. The number of carbonyl (C=O) groups is 1. The third-order valence-electron chi connectivity index (χ3n) is 2.70. The van der Waals surface area contributed by atoms with Gasteiger partial charge in [0.1, 0.15) is 0 Å². The van der Waals surface area contributed by atoms with Gasteiger partial charge in [0.25, 0.3) is 0 Å². The fraction of sp³-hybridized carbons (Fsp3) is 0.462. The number of para-hydroxylation sites is 1. The lowest BCUT2D eigenvalue weighted by Gasteiger charge is -2.13. The van der Waals surface area contributed by atoms with Crippen molar-refractivity contribution in [2.45, 2.75) is 26.8 Å². The van der Waals surface area contributed by atoms with E-state index in [-0.39, 0.29) is 11.8 Å². The molecular weight excluding hydrogens is 200 g/mol. The van der Waals surface area contributed by atoms with Crippen molar-refractivity contribution >= 4 is 11.6 Å². The first-order valence-electron chi connectivity index (χ1n) is 5.72. The van der Waals surface area contributed by atoms with Crippen LogP contribution >= 0.6 is 0 Å². The second-order valence-corrected chi connectivity index (χ2v) is 3.99. The summed E-state index contributed by atoms with van der Waals surface area (Å²) in [5, 5.41) is 6.06. The van der Waals surface area contributed by atoms with Crippen LogP contribution in [0.4, 0.5) is 5.69 Å². The summed E-state index contributed by atoms with van der Waals surface area (Å²) in [4.78, 5) is 11.8. The molecule has 88 valence electrons. The van der Waals surface area contributed by atoms with Gasteiger partial charge in [-0.1, -0.05) is 32.0 Å². The van der Waals surface area contributed by atoms with E-state index >= 15 is 0 Å². The Bertz CT molecular complexity index is 350. The van der Waals surface area contributed by atoms with E-state index in [9.17, 15) is 4.79 Å². The molecule has 0 fully saturated rings. The largest absolute Gasteiger partial charge is 0.326 e. The van der Waals surface area contributed by atoms with Crippen LogP contribution in [0, 0.1) is 5.92 Å². The lowest BCUT2D eigenvalue weighted by molar-refractivity contribution is -0.119. The number of hydrogen-bond donors (Lipinski definition) is 2. The Morgan fingerprint density at radius 1 is 1.38 bits per heavy atom. The van der Waals surface area contributed by atoms with Gasteiger partial charge in [0.15, 0.2) is 0 Å². The van der Waals surface area contributed by atoms with Crippen molar-refractivity contribution in [3.05, 3.63) is 29.8 Å². The van der Waals surface area contributed by atoms with Crippen LogP contribution in [-0.2, 0) is 11.3 Å². The maximum Gasteiger partial charge on any atom is 0.227 e. The van der Waals surface area contributed by atoms with E-state index < -0.39 is 0 Å². The van der Waals surface area contributed by atoms with Crippen LogP contribution in [0.1, 0.15) is 25.8 Å². The highest BCUT2D eigenvalue weighted by Gasteiger charge is 2.11. The summed E-state index contributed by atoms with van der Waals surface area (Å²) in [6, 6.07) is 7.87. The van der Waals surface area contributed by atoms with Crippen LogP contribution in [0.5, 0.6) is 0 Å². The van der Waals surface area contributed by atoms with Crippen molar-refractivity contribution in [1.82, 2.24) is 5.32 Å². The van der Waals surface area contributed by atoms with E-state index in [2.05, 4.69) is 10.6 Å². The first-order valence-corrected chi connectivity index (χ1v) is 5.72. The average molecular weight is 220 g/mol. The molecule has 16 heavy (non-hydrogen) atoms. The van der Waals surface area contributed by atoms with Gasteiger partial charge in [0, 0.05) is 18.2 Å². The summed E-state index contributed by atoms with van der Waals surface area (Å²) >= 11 is 0. The molecule has 0 heterocycles. The van der Waals surface area contributed by atoms with E-state index in [1.807, 2.05) is 45.2 Å². The fourth-order valence-corrected chi connectivity index (χ4v) is 1.43. The van der Waals surface area contributed by atoms with Crippen molar-refractivity contribution in [1.29, 1.82) is 0 Å². The van der Waals surface area contributed by atoms with Gasteiger partial charge in [-0.3, -0.25) is 4.79 Å². The monoisotopic (exact) mass is 220 g/mol. The van der Waals surface area contributed by atoms with Crippen LogP contribution in [0.25, 0.3) is 0 Å². The lowest BCUT2D eigenvalue weighted by Crippen LogP contribution is -2.21. The highest BCUT2D eigenvalue weighted by atomic mass is 16.1. The molecule has 1 rings (SSSR count). The molecule has 1 aromatic carbocycles. The molecule has 1 unspecified atom stereocenters. The molecule has 0 saturated heterocycles. The third kappa shape index (κ3) is 3.35. The molecule has 0 aliphatic rings. The number of rotatable bonds is 5. The Kier molecular flexibility index (Phi) is 4.99. The number of nitrogens with one attached hydrogen (secondary N) is 2. The van der Waals surface area contributed by atoms with Crippen molar-refractivity contribution < 1.29 is 4.79 Å². The predicted molar refractivity (Wildman–Crippen MR) is 67.3 cm³/mol. The summed E-state index contributed by atoms with van der Waals surface area (Å²) in [6.45, 7) is 4.72. The molecule has 2 N–H and O–H groups in total. The molecule has 3 nitrogen and oxygen atoms in total. The zero-order valence-corrected chi connectivity index (χ0v) is 10.2. The van der Waals surface area contributed by atoms with E-state index in [1.54, 1.807) is 0 Å². The van der Waals surface area contributed by atoms with Gasteiger partial charge in [-0.2, -0.15) is 0 Å². The number of hydrogen-bond acceptors (Lipinski definition) is 2. The predicted octanol–water partition coefficient (Wildman–Crippen LogP) is 2.39. The van der Waals surface area contributed by atoms with Crippen LogP contribution in [0.15, 0.2) is 24.3 Å². The van der Waals surface area contributed by atoms with Gasteiger partial charge in [0.05, 0.1) is 0 Å². The molecule has 0 aliphatic carbocycles. The topological polar surface area (TPSA) is 41.1 Å². The zero-order valence-electron chi connectivity index (χ0n) is 10.2. The van der Waals surface area contributed by atoms with Crippen molar-refractivity contribution in [2.24, 2.45) is 5.92 Å². The molecule has 1 aromatic rings. The van der Waals surface area contributed by atoms with Crippen molar-refractivity contribution in [3.63, 3.8) is 0 Å². The Morgan fingerprint density at radius 3 is 2.69 bits per heavy atom. The maximum atomic E-state index is 11.8. The van der Waals surface area contributed by atoms with Gasteiger partial charge in [-0.15, -0.1) is 0 Å². The fourth-order valence-electron chi connectivity index (χ4n) is 1.43. The van der Waals surface area contributed by atoms with Gasteiger partial charge in [0.2, 0.25) is 5.91 Å². The summed E-state index contributed by atoms with van der Waals surface area (Å²) < 4.78 is 0. The van der Waals surface area contributed by atoms with Gasteiger partial charge in [-0.05, 0) is 25.1 Å². The van der Waals surface area contributed by atoms with Crippen LogP contribution in [-0.4, -0.2) is 13.0 Å². The van der Waals surface area contributed by atoms with Gasteiger partial charge < -0.3 is 10.6 Å². The second kappa shape index (κ2) is 6.28. The normalized spacial score (nSPS) is 12.2. The Hall–Kier alpha value is -1.35. The smallest absolute Gasteiger partial charge is 0.227 e. The van der Waals surface area contributed by atoms with Gasteiger partial charge in [-0.25, -0.2) is 0 Å². The third-order valence-corrected chi connectivity index (χ3v) is 2.70. The summed E-state index contributed by atoms with van der Waals surface area (Å²) in [6.07, 6.45) is 0.861. The summed E-state index contributed by atoms with van der Waals surface area (Å²) in [5.74, 6) is 0.147. The van der Waals surface area contributed by atoms with Gasteiger partial charge >= 0.3 is 0 Å². The molecule has 0 radical (unpaired) electrons. The number of benzene rings is 1. The van der Waals surface area contributed by atoms with Crippen molar-refractivity contribution in [2.75, 3.05) is 12.4 Å². The second-order valence-electron chi connectivity index (χ2n) is 3.99. The average Bonchev–Trinajstić information content (AvgIpc) is 2.31. The minimum absolute atomic E-state index is 0.0580. The molecule has 1 atom stereocenters. The molecule has 0 aromatic heterocycles. The molecule has 0 saturated carbocycles. The highest BCUT2D eigenvalue weighted by molar-refractivity contribution is 5.92. The highest BCUT2D eigenvalue weighted by Crippen LogP contribution is 2.16. The van der Waals surface area contributed by atoms with E-state index in [4.69, 9.17) is 0 Å². The molecule has 0 bridgehead atoms. The minimum Gasteiger partial charge on any atom is -0.326 e. The van der Waals surface area contributed by atoms with E-state index in [0.29, 0.717) is 0 Å². The van der Waals surface area contributed by atoms with Crippen LogP contribution < -0.4 is 10.6 Å². The Balaban J connectivity index is 2.76. The standard InChI is InChI=1S/C13H20N2O/c1-4-10(2)13(16)15-12-8-6-5-7-11(12)9-14-3/h5-8,10,14H,4,9H2,1-3H3,(H,15,16). The van der Waals surface area contributed by atoms with Crippen LogP contribution in [0.3, 0.4) is 0 Å². The molecule has 0 aliphatic heterocycles. The molecule has 0 spiro atoms.